The van der Waals surface area contributed by atoms with Crippen molar-refractivity contribution >= 4 is 22.5 Å². The van der Waals surface area contributed by atoms with Crippen LogP contribution in [0, 0.1) is 0 Å². The summed E-state index contributed by atoms with van der Waals surface area (Å²) < 4.78 is 12.8. The molecule has 2 heterocycles. The van der Waals surface area contributed by atoms with E-state index in [0.717, 1.165) is 16.6 Å². The second-order valence-corrected chi connectivity index (χ2v) is 8.58. The summed E-state index contributed by atoms with van der Waals surface area (Å²) in [6.45, 7) is 1.47. The Labute approximate surface area is 217 Å². The van der Waals surface area contributed by atoms with E-state index in [2.05, 4.69) is 15.5 Å². The summed E-state index contributed by atoms with van der Waals surface area (Å²) in [5, 5.41) is 7.15. The third kappa shape index (κ3) is 4.83. The molecule has 1 N–H and O–H groups in total. The number of aryl methyl sites for hydroxylation is 1. The molecule has 10 heteroatoms. The van der Waals surface area contributed by atoms with E-state index in [0.29, 0.717) is 33.7 Å². The van der Waals surface area contributed by atoms with Gasteiger partial charge in [0.1, 0.15) is 18.8 Å². The second-order valence-electron chi connectivity index (χ2n) is 8.58. The second kappa shape index (κ2) is 10.6. The van der Waals surface area contributed by atoms with Crippen molar-refractivity contribution in [2.45, 2.75) is 26.4 Å². The molecule has 0 saturated heterocycles. The van der Waals surface area contributed by atoms with Gasteiger partial charge < -0.3 is 14.6 Å². The number of anilines is 1. The summed E-state index contributed by atoms with van der Waals surface area (Å²) in [5.74, 6) is 0.690. The van der Waals surface area contributed by atoms with Crippen molar-refractivity contribution < 1.29 is 14.1 Å². The summed E-state index contributed by atoms with van der Waals surface area (Å²) in [6.07, 6.45) is 0.743. The first-order valence-corrected chi connectivity index (χ1v) is 12.1. The van der Waals surface area contributed by atoms with Crippen LogP contribution >= 0.6 is 0 Å². The Morgan fingerprint density at radius 1 is 0.974 bits per heavy atom. The lowest BCUT2D eigenvalue weighted by Gasteiger charge is -2.14. The van der Waals surface area contributed by atoms with E-state index in [9.17, 15) is 14.4 Å². The number of para-hydroxylation sites is 2. The van der Waals surface area contributed by atoms with E-state index >= 15 is 0 Å². The number of carbonyl (C=O) groups is 1. The van der Waals surface area contributed by atoms with E-state index in [-0.39, 0.29) is 24.9 Å². The Balaban J connectivity index is 1.48. The maximum atomic E-state index is 13.5. The van der Waals surface area contributed by atoms with Crippen LogP contribution in [0.15, 0.2) is 86.9 Å². The molecular formula is C28H25N5O5. The van der Waals surface area contributed by atoms with Crippen LogP contribution in [-0.2, 0) is 24.3 Å². The van der Waals surface area contributed by atoms with Gasteiger partial charge in [-0.2, -0.15) is 4.98 Å². The summed E-state index contributed by atoms with van der Waals surface area (Å²) in [5.41, 5.74) is 1.55. The summed E-state index contributed by atoms with van der Waals surface area (Å²) >= 11 is 0. The highest BCUT2D eigenvalue weighted by Gasteiger charge is 2.18. The van der Waals surface area contributed by atoms with Crippen LogP contribution in [0.3, 0.4) is 0 Å². The molecular weight excluding hydrogens is 486 g/mol. The highest BCUT2D eigenvalue weighted by molar-refractivity contribution is 5.92. The standard InChI is InChI=1S/C28H25N5O5/c1-3-18-8-4-6-10-22(18)29-24(34)16-32-23-11-7-5-9-21(23)27(35)33(28(32)36)17-25-30-26(31-38-25)19-12-14-20(37-2)15-13-19/h4-15H,3,16-17H2,1-2H3,(H,29,34). The number of nitrogens with one attached hydrogen (secondary N) is 1. The fourth-order valence-corrected chi connectivity index (χ4v) is 4.26. The highest BCUT2D eigenvalue weighted by Crippen LogP contribution is 2.20. The number of hydrogen-bond donors (Lipinski definition) is 1. The van der Waals surface area contributed by atoms with Crippen LogP contribution in [0.1, 0.15) is 18.4 Å². The van der Waals surface area contributed by atoms with Gasteiger partial charge in [0.15, 0.2) is 0 Å². The topological polar surface area (TPSA) is 121 Å². The van der Waals surface area contributed by atoms with E-state index < -0.39 is 11.2 Å². The van der Waals surface area contributed by atoms with E-state index in [1.54, 1.807) is 55.6 Å². The molecule has 0 bridgehead atoms. The van der Waals surface area contributed by atoms with Crippen LogP contribution in [0.25, 0.3) is 22.3 Å². The number of ether oxygens (including phenoxy) is 1. The van der Waals surface area contributed by atoms with E-state index in [4.69, 9.17) is 9.26 Å². The fourth-order valence-electron chi connectivity index (χ4n) is 4.26. The van der Waals surface area contributed by atoms with Gasteiger partial charge >= 0.3 is 5.69 Å². The minimum atomic E-state index is -0.656. The van der Waals surface area contributed by atoms with Crippen LogP contribution in [0.2, 0.25) is 0 Å². The molecule has 0 aliphatic carbocycles. The molecule has 0 aliphatic rings. The first-order chi connectivity index (χ1) is 18.5. The first-order valence-electron chi connectivity index (χ1n) is 12.1. The molecule has 0 fully saturated rings. The van der Waals surface area contributed by atoms with Crippen molar-refractivity contribution in [1.29, 1.82) is 0 Å². The molecule has 2 aromatic heterocycles. The number of aromatic nitrogens is 4. The molecule has 5 rings (SSSR count). The SMILES string of the molecule is CCc1ccccc1NC(=O)Cn1c(=O)n(Cc2nc(-c3ccc(OC)cc3)no2)c(=O)c2ccccc21. The zero-order chi connectivity index (χ0) is 26.6. The fraction of sp³-hybridized carbons (Fsp3) is 0.179. The van der Waals surface area contributed by atoms with Crippen molar-refractivity contribution in [2.75, 3.05) is 12.4 Å². The quantitative estimate of drug-likeness (QED) is 0.339. The lowest BCUT2D eigenvalue weighted by molar-refractivity contribution is -0.116. The molecule has 38 heavy (non-hydrogen) atoms. The zero-order valence-electron chi connectivity index (χ0n) is 20.9. The zero-order valence-corrected chi connectivity index (χ0v) is 20.9. The molecule has 0 radical (unpaired) electrons. The maximum Gasteiger partial charge on any atom is 0.332 e. The van der Waals surface area contributed by atoms with Crippen molar-refractivity contribution in [1.82, 2.24) is 19.3 Å². The minimum Gasteiger partial charge on any atom is -0.497 e. The molecule has 3 aromatic carbocycles. The van der Waals surface area contributed by atoms with E-state index in [1.807, 2.05) is 31.2 Å². The van der Waals surface area contributed by atoms with Gasteiger partial charge in [0.25, 0.3) is 5.56 Å². The maximum absolute atomic E-state index is 13.5. The molecule has 5 aromatic rings. The van der Waals surface area contributed by atoms with Crippen molar-refractivity contribution in [2.24, 2.45) is 0 Å². The van der Waals surface area contributed by atoms with Crippen LogP contribution < -0.4 is 21.3 Å². The Bertz CT molecular complexity index is 1730. The molecule has 0 unspecified atom stereocenters. The molecule has 1 amide bonds. The average molecular weight is 512 g/mol. The number of benzene rings is 3. The number of hydrogen-bond acceptors (Lipinski definition) is 7. The first kappa shape index (κ1) is 24.7. The van der Waals surface area contributed by atoms with Crippen LogP contribution in [0.5, 0.6) is 5.75 Å². The molecule has 0 saturated carbocycles. The molecule has 0 aliphatic heterocycles. The third-order valence-corrected chi connectivity index (χ3v) is 6.22. The Morgan fingerprint density at radius 2 is 1.71 bits per heavy atom. The predicted molar refractivity (Wildman–Crippen MR) is 142 cm³/mol. The van der Waals surface area contributed by atoms with Gasteiger partial charge in [-0.3, -0.25) is 18.7 Å². The lowest BCUT2D eigenvalue weighted by atomic mass is 10.1. The Kier molecular flexibility index (Phi) is 6.86. The average Bonchev–Trinajstić information content (AvgIpc) is 3.42. The van der Waals surface area contributed by atoms with Crippen molar-refractivity contribution in [3.63, 3.8) is 0 Å². The normalized spacial score (nSPS) is 11.0. The van der Waals surface area contributed by atoms with Gasteiger partial charge in [-0.05, 0) is 54.4 Å². The summed E-state index contributed by atoms with van der Waals surface area (Å²) in [6, 6.07) is 21.2. The highest BCUT2D eigenvalue weighted by atomic mass is 16.5. The largest absolute Gasteiger partial charge is 0.497 e. The minimum absolute atomic E-state index is 0.0816. The monoisotopic (exact) mass is 511 g/mol. The number of fused-ring (bicyclic) bond motifs is 1. The van der Waals surface area contributed by atoms with E-state index in [1.165, 1.54) is 4.57 Å². The van der Waals surface area contributed by atoms with Crippen molar-refractivity contribution in [3.8, 4) is 17.1 Å². The predicted octanol–water partition coefficient (Wildman–Crippen LogP) is 3.47. The number of nitrogens with zero attached hydrogens (tertiary/aromatic N) is 4. The molecule has 0 spiro atoms. The van der Waals surface area contributed by atoms with Gasteiger partial charge in [-0.25, -0.2) is 4.79 Å². The summed E-state index contributed by atoms with van der Waals surface area (Å²) in [4.78, 5) is 44.1. The Hall–Kier alpha value is -4.99. The van der Waals surface area contributed by atoms with Gasteiger partial charge in [-0.15, -0.1) is 0 Å². The number of amides is 1. The molecule has 10 nitrogen and oxygen atoms in total. The smallest absolute Gasteiger partial charge is 0.332 e. The van der Waals surface area contributed by atoms with Crippen LogP contribution in [0.4, 0.5) is 5.69 Å². The summed E-state index contributed by atoms with van der Waals surface area (Å²) in [7, 11) is 1.57. The van der Waals surface area contributed by atoms with Gasteiger partial charge in [-0.1, -0.05) is 42.4 Å². The van der Waals surface area contributed by atoms with Gasteiger partial charge in [0.05, 0.1) is 18.0 Å². The molecule has 0 atom stereocenters. The Morgan fingerprint density at radius 3 is 2.47 bits per heavy atom. The van der Waals surface area contributed by atoms with Crippen molar-refractivity contribution in [3.05, 3.63) is 105 Å². The number of rotatable bonds is 8. The lowest BCUT2D eigenvalue weighted by Crippen LogP contribution is -2.42. The number of methoxy groups -OCH3 is 1. The van der Waals surface area contributed by atoms with Crippen LogP contribution in [-0.4, -0.2) is 32.3 Å². The third-order valence-electron chi connectivity index (χ3n) is 6.22. The number of carbonyl (C=O) groups excluding carboxylic acids is 1. The van der Waals surface area contributed by atoms with Gasteiger partial charge in [0, 0.05) is 11.3 Å². The van der Waals surface area contributed by atoms with Gasteiger partial charge in [0.2, 0.25) is 17.6 Å². The molecule has 192 valence electrons.